The summed E-state index contributed by atoms with van der Waals surface area (Å²) >= 11 is 5.97. The summed E-state index contributed by atoms with van der Waals surface area (Å²) in [5, 5.41) is 0.754. The second-order valence-corrected chi connectivity index (χ2v) is 4.98. The van der Waals surface area contributed by atoms with Gasteiger partial charge >= 0.3 is 0 Å². The van der Waals surface area contributed by atoms with E-state index in [1.165, 1.54) is 0 Å². The van der Waals surface area contributed by atoms with Crippen molar-refractivity contribution < 1.29 is 4.74 Å². The Hall–Kier alpha value is -0.570. The Morgan fingerprint density at radius 1 is 1.41 bits per heavy atom. The second-order valence-electron chi connectivity index (χ2n) is 4.54. The van der Waals surface area contributed by atoms with Gasteiger partial charge in [0.25, 0.3) is 0 Å². The van der Waals surface area contributed by atoms with Crippen molar-refractivity contribution in [2.24, 2.45) is 5.73 Å². The van der Waals surface area contributed by atoms with E-state index in [4.69, 9.17) is 22.1 Å². The van der Waals surface area contributed by atoms with Gasteiger partial charge in [-0.1, -0.05) is 30.7 Å². The summed E-state index contributed by atoms with van der Waals surface area (Å²) in [6.45, 7) is 6.87. The standard InChI is InChI=1S/C14H22ClNO/c1-4-14(3,17-5-2)13(16)10-11-7-6-8-12(15)9-11/h6-9,13H,4-5,10,16H2,1-3H3. The fourth-order valence-electron chi connectivity index (χ4n) is 1.93. The molecule has 0 heterocycles. The van der Waals surface area contributed by atoms with Crippen LogP contribution in [0.3, 0.4) is 0 Å². The number of hydrogen-bond donors (Lipinski definition) is 1. The lowest BCUT2D eigenvalue weighted by Crippen LogP contribution is -2.48. The summed E-state index contributed by atoms with van der Waals surface area (Å²) in [5.41, 5.74) is 7.15. The molecule has 0 aliphatic carbocycles. The van der Waals surface area contributed by atoms with Gasteiger partial charge in [0.05, 0.1) is 5.60 Å². The number of halogens is 1. The van der Waals surface area contributed by atoms with E-state index >= 15 is 0 Å². The van der Waals surface area contributed by atoms with E-state index in [1.807, 2.05) is 31.2 Å². The largest absolute Gasteiger partial charge is 0.374 e. The molecule has 0 aromatic heterocycles. The van der Waals surface area contributed by atoms with Crippen molar-refractivity contribution in [3.63, 3.8) is 0 Å². The molecule has 0 aliphatic rings. The summed E-state index contributed by atoms with van der Waals surface area (Å²) in [7, 11) is 0. The monoisotopic (exact) mass is 255 g/mol. The SMILES string of the molecule is CCOC(C)(CC)C(N)Cc1cccc(Cl)c1. The third kappa shape index (κ3) is 3.98. The molecule has 0 spiro atoms. The highest BCUT2D eigenvalue weighted by Crippen LogP contribution is 2.22. The number of benzene rings is 1. The first-order valence-electron chi connectivity index (χ1n) is 6.15. The van der Waals surface area contributed by atoms with Crippen LogP contribution >= 0.6 is 11.6 Å². The van der Waals surface area contributed by atoms with E-state index in [2.05, 4.69) is 13.8 Å². The van der Waals surface area contributed by atoms with Crippen molar-refractivity contribution in [1.82, 2.24) is 0 Å². The molecule has 0 saturated carbocycles. The zero-order valence-electron chi connectivity index (χ0n) is 10.9. The summed E-state index contributed by atoms with van der Waals surface area (Å²) < 4.78 is 5.78. The Kier molecular flexibility index (Phi) is 5.44. The highest BCUT2D eigenvalue weighted by Gasteiger charge is 2.30. The van der Waals surface area contributed by atoms with Gasteiger partial charge < -0.3 is 10.5 Å². The van der Waals surface area contributed by atoms with Crippen molar-refractivity contribution >= 4 is 11.6 Å². The van der Waals surface area contributed by atoms with Gasteiger partial charge in [-0.25, -0.2) is 0 Å². The van der Waals surface area contributed by atoms with Crippen LogP contribution in [0.5, 0.6) is 0 Å². The van der Waals surface area contributed by atoms with Gasteiger partial charge in [0, 0.05) is 17.7 Å². The third-order valence-electron chi connectivity index (χ3n) is 3.31. The van der Waals surface area contributed by atoms with Crippen molar-refractivity contribution in [2.75, 3.05) is 6.61 Å². The first kappa shape index (κ1) is 14.5. The van der Waals surface area contributed by atoms with Crippen LogP contribution in [0.15, 0.2) is 24.3 Å². The minimum atomic E-state index is -0.267. The summed E-state index contributed by atoms with van der Waals surface area (Å²) in [6, 6.07) is 7.81. The van der Waals surface area contributed by atoms with Gasteiger partial charge in [-0.05, 0) is 44.4 Å². The summed E-state index contributed by atoms with van der Waals surface area (Å²) in [6.07, 6.45) is 1.69. The molecule has 1 aromatic rings. The van der Waals surface area contributed by atoms with Gasteiger partial charge in [-0.2, -0.15) is 0 Å². The predicted octanol–water partition coefficient (Wildman–Crippen LogP) is 3.42. The molecule has 0 aliphatic heterocycles. The van der Waals surface area contributed by atoms with Crippen LogP contribution in [0.25, 0.3) is 0 Å². The van der Waals surface area contributed by atoms with E-state index in [0.29, 0.717) is 6.61 Å². The molecular formula is C14H22ClNO. The van der Waals surface area contributed by atoms with Gasteiger partial charge in [0.15, 0.2) is 0 Å². The molecule has 2 unspecified atom stereocenters. The molecule has 0 radical (unpaired) electrons. The van der Waals surface area contributed by atoms with Crippen LogP contribution in [0.1, 0.15) is 32.8 Å². The molecule has 3 heteroatoms. The van der Waals surface area contributed by atoms with Crippen molar-refractivity contribution in [3.05, 3.63) is 34.9 Å². The lowest BCUT2D eigenvalue weighted by molar-refractivity contribution is -0.0461. The van der Waals surface area contributed by atoms with Crippen LogP contribution < -0.4 is 5.73 Å². The summed E-state index contributed by atoms with van der Waals surface area (Å²) in [4.78, 5) is 0. The van der Waals surface area contributed by atoms with Crippen LogP contribution in [-0.2, 0) is 11.2 Å². The molecule has 2 atom stereocenters. The molecule has 96 valence electrons. The Balaban J connectivity index is 2.73. The van der Waals surface area contributed by atoms with E-state index < -0.39 is 0 Å². The highest BCUT2D eigenvalue weighted by atomic mass is 35.5. The molecule has 2 nitrogen and oxygen atoms in total. The molecule has 0 bridgehead atoms. The topological polar surface area (TPSA) is 35.2 Å². The van der Waals surface area contributed by atoms with Crippen molar-refractivity contribution in [1.29, 1.82) is 0 Å². The molecule has 0 fully saturated rings. The third-order valence-corrected chi connectivity index (χ3v) is 3.54. The maximum Gasteiger partial charge on any atom is 0.0805 e. The van der Waals surface area contributed by atoms with E-state index in [1.54, 1.807) is 0 Å². The average Bonchev–Trinajstić information content (AvgIpc) is 2.29. The summed E-state index contributed by atoms with van der Waals surface area (Å²) in [5.74, 6) is 0. The normalized spacial score (nSPS) is 16.5. The molecule has 2 N–H and O–H groups in total. The van der Waals surface area contributed by atoms with Crippen LogP contribution in [0.4, 0.5) is 0 Å². The molecule has 0 amide bonds. The van der Waals surface area contributed by atoms with Crippen LogP contribution in [0.2, 0.25) is 5.02 Å². The molecule has 17 heavy (non-hydrogen) atoms. The molecular weight excluding hydrogens is 234 g/mol. The number of hydrogen-bond acceptors (Lipinski definition) is 2. The Bertz CT molecular complexity index is 356. The van der Waals surface area contributed by atoms with Gasteiger partial charge in [-0.3, -0.25) is 0 Å². The first-order chi connectivity index (χ1) is 8.01. The minimum absolute atomic E-state index is 0.0223. The van der Waals surface area contributed by atoms with E-state index in [0.717, 1.165) is 23.4 Å². The van der Waals surface area contributed by atoms with Gasteiger partial charge in [-0.15, -0.1) is 0 Å². The number of nitrogens with two attached hydrogens (primary N) is 1. The maximum absolute atomic E-state index is 6.26. The molecule has 1 aromatic carbocycles. The second kappa shape index (κ2) is 6.39. The maximum atomic E-state index is 6.26. The lowest BCUT2D eigenvalue weighted by Gasteiger charge is -2.34. The average molecular weight is 256 g/mol. The fraction of sp³-hybridized carbons (Fsp3) is 0.571. The minimum Gasteiger partial charge on any atom is -0.374 e. The zero-order valence-corrected chi connectivity index (χ0v) is 11.6. The van der Waals surface area contributed by atoms with E-state index in [9.17, 15) is 0 Å². The Labute approximate surface area is 109 Å². The smallest absolute Gasteiger partial charge is 0.0805 e. The highest BCUT2D eigenvalue weighted by molar-refractivity contribution is 6.30. The van der Waals surface area contributed by atoms with E-state index in [-0.39, 0.29) is 11.6 Å². The van der Waals surface area contributed by atoms with Crippen molar-refractivity contribution in [3.8, 4) is 0 Å². The fourth-order valence-corrected chi connectivity index (χ4v) is 2.15. The quantitative estimate of drug-likeness (QED) is 0.846. The zero-order chi connectivity index (χ0) is 12.9. The number of ether oxygens (including phenoxy) is 1. The Morgan fingerprint density at radius 3 is 2.65 bits per heavy atom. The van der Waals surface area contributed by atoms with Crippen LogP contribution in [0, 0.1) is 0 Å². The van der Waals surface area contributed by atoms with Gasteiger partial charge in [0.1, 0.15) is 0 Å². The Morgan fingerprint density at radius 2 is 2.12 bits per heavy atom. The van der Waals surface area contributed by atoms with Crippen molar-refractivity contribution in [2.45, 2.75) is 45.3 Å². The van der Waals surface area contributed by atoms with Gasteiger partial charge in [0.2, 0.25) is 0 Å². The first-order valence-corrected chi connectivity index (χ1v) is 6.53. The van der Waals surface area contributed by atoms with Crippen LogP contribution in [-0.4, -0.2) is 18.2 Å². The molecule has 0 saturated heterocycles. The lowest BCUT2D eigenvalue weighted by atomic mass is 9.89. The predicted molar refractivity (Wildman–Crippen MR) is 73.5 cm³/mol. The molecule has 1 rings (SSSR count). The number of rotatable bonds is 6.